The van der Waals surface area contributed by atoms with Gasteiger partial charge < -0.3 is 15.6 Å². The normalized spacial score (nSPS) is 11.7. The third-order valence-electron chi connectivity index (χ3n) is 6.04. The molecule has 6 rings (SSSR count). The number of rotatable bonds is 6. The van der Waals surface area contributed by atoms with E-state index in [1.54, 1.807) is 54.7 Å². The van der Waals surface area contributed by atoms with Crippen molar-refractivity contribution in [2.45, 2.75) is 12.7 Å². The minimum atomic E-state index is -4.62. The van der Waals surface area contributed by atoms with E-state index in [9.17, 15) is 18.0 Å². The predicted molar refractivity (Wildman–Crippen MR) is 138 cm³/mol. The van der Waals surface area contributed by atoms with Gasteiger partial charge in [-0.25, -0.2) is 9.97 Å². The Balaban J connectivity index is 1.28. The Kier molecular flexibility index (Phi) is 5.87. The van der Waals surface area contributed by atoms with E-state index in [1.807, 2.05) is 0 Å². The summed E-state index contributed by atoms with van der Waals surface area (Å²) in [6.07, 6.45) is 0.674. The largest absolute Gasteiger partial charge is 0.419 e. The Labute approximate surface area is 217 Å². The molecule has 0 aliphatic carbocycles. The number of hydrogen-bond donors (Lipinski definition) is 4. The van der Waals surface area contributed by atoms with Gasteiger partial charge in [0.2, 0.25) is 0 Å². The molecule has 4 N–H and O–H groups in total. The molecule has 0 fully saturated rings. The number of nitrogens with one attached hydrogen (secondary N) is 4. The average Bonchev–Trinajstić information content (AvgIpc) is 3.58. The van der Waals surface area contributed by atoms with Crippen LogP contribution in [0.4, 0.5) is 24.5 Å². The lowest BCUT2D eigenvalue weighted by Crippen LogP contribution is -2.15. The number of fused-ring (bicyclic) bond motifs is 2. The van der Waals surface area contributed by atoms with Gasteiger partial charge in [-0.2, -0.15) is 28.5 Å². The van der Waals surface area contributed by atoms with Crippen molar-refractivity contribution in [2.24, 2.45) is 0 Å². The smallest absolute Gasteiger partial charge is 0.379 e. The Morgan fingerprint density at radius 2 is 1.79 bits per heavy atom. The maximum absolute atomic E-state index is 13.7. The summed E-state index contributed by atoms with van der Waals surface area (Å²) in [6.45, 7) is -0.174. The molecule has 0 saturated heterocycles. The molecule has 194 valence electrons. The molecule has 0 radical (unpaired) electrons. The highest BCUT2D eigenvalue weighted by molar-refractivity contribution is 6.06. The minimum Gasteiger partial charge on any atom is -0.379 e. The molecule has 0 saturated carbocycles. The molecule has 0 unspecified atom stereocenters. The van der Waals surface area contributed by atoms with Crippen LogP contribution in [0.1, 0.15) is 21.7 Å². The highest BCUT2D eigenvalue weighted by atomic mass is 19.4. The molecule has 4 heterocycles. The maximum atomic E-state index is 13.7. The number of benzene rings is 2. The van der Waals surface area contributed by atoms with Crippen molar-refractivity contribution in [3.8, 4) is 11.4 Å². The zero-order valence-electron chi connectivity index (χ0n) is 19.9. The van der Waals surface area contributed by atoms with Gasteiger partial charge in [-0.1, -0.05) is 12.1 Å². The van der Waals surface area contributed by atoms with E-state index in [1.165, 1.54) is 12.4 Å². The SMILES string of the molecule is O=C(Nc1ccnnc1)c1cc2ccc(-c3ncc(C(F)(F)F)c(CNc4ccc5[nH]ncc5c4)n3)cc2[nH]1. The lowest BCUT2D eigenvalue weighted by molar-refractivity contribution is -0.138. The summed E-state index contributed by atoms with van der Waals surface area (Å²) in [5, 5.41) is 21.5. The van der Waals surface area contributed by atoms with Gasteiger partial charge in [-0.15, -0.1) is 0 Å². The van der Waals surface area contributed by atoms with Crippen LogP contribution in [0.25, 0.3) is 33.2 Å². The Hall–Kier alpha value is -5.33. The maximum Gasteiger partial charge on any atom is 0.419 e. The molecule has 1 amide bonds. The summed E-state index contributed by atoms with van der Waals surface area (Å²) in [5.74, 6) is -0.260. The summed E-state index contributed by atoms with van der Waals surface area (Å²) in [5.41, 5.74) is 2.19. The molecule has 0 aliphatic heterocycles. The number of aromatic nitrogens is 7. The number of hydrogen-bond acceptors (Lipinski definition) is 7. The molecule has 0 aliphatic rings. The zero-order chi connectivity index (χ0) is 27.0. The third-order valence-corrected chi connectivity index (χ3v) is 6.04. The number of amides is 1. The lowest BCUT2D eigenvalue weighted by Gasteiger charge is -2.14. The molecule has 39 heavy (non-hydrogen) atoms. The van der Waals surface area contributed by atoms with Crippen LogP contribution in [0.5, 0.6) is 0 Å². The summed E-state index contributed by atoms with van der Waals surface area (Å²) in [6, 6.07) is 13.7. The number of H-pyrrole nitrogens is 2. The number of anilines is 2. The summed E-state index contributed by atoms with van der Waals surface area (Å²) >= 11 is 0. The third kappa shape index (κ3) is 4.97. The van der Waals surface area contributed by atoms with E-state index in [2.05, 4.69) is 46.0 Å². The average molecular weight is 529 g/mol. The van der Waals surface area contributed by atoms with Gasteiger partial charge >= 0.3 is 6.18 Å². The molecule has 13 heteroatoms. The van der Waals surface area contributed by atoms with Gasteiger partial charge in [0.05, 0.1) is 47.6 Å². The van der Waals surface area contributed by atoms with E-state index in [4.69, 9.17) is 0 Å². The summed E-state index contributed by atoms with van der Waals surface area (Å²) < 4.78 is 41.2. The van der Waals surface area contributed by atoms with Crippen LogP contribution in [0.2, 0.25) is 0 Å². The first-order valence-corrected chi connectivity index (χ1v) is 11.6. The van der Waals surface area contributed by atoms with Crippen molar-refractivity contribution in [3.63, 3.8) is 0 Å². The molecule has 2 aromatic carbocycles. The fraction of sp³-hybridized carbons (Fsp3) is 0.0769. The molecule has 10 nitrogen and oxygen atoms in total. The molecule has 0 spiro atoms. The van der Waals surface area contributed by atoms with E-state index < -0.39 is 11.7 Å². The van der Waals surface area contributed by atoms with Crippen molar-refractivity contribution in [2.75, 3.05) is 10.6 Å². The van der Waals surface area contributed by atoms with Crippen LogP contribution in [-0.4, -0.2) is 41.3 Å². The van der Waals surface area contributed by atoms with Crippen molar-refractivity contribution < 1.29 is 18.0 Å². The second-order valence-electron chi connectivity index (χ2n) is 8.65. The van der Waals surface area contributed by atoms with Crippen molar-refractivity contribution in [1.29, 1.82) is 0 Å². The number of carbonyl (C=O) groups excluding carboxylic acids is 1. The molecule has 0 bridgehead atoms. The van der Waals surface area contributed by atoms with Crippen molar-refractivity contribution in [3.05, 3.63) is 90.3 Å². The number of carbonyl (C=O) groups is 1. The highest BCUT2D eigenvalue weighted by Crippen LogP contribution is 2.33. The molecular weight excluding hydrogens is 511 g/mol. The minimum absolute atomic E-state index is 0.121. The van der Waals surface area contributed by atoms with Crippen LogP contribution in [0, 0.1) is 0 Å². The predicted octanol–water partition coefficient (Wildman–Crippen LogP) is 5.17. The number of alkyl halides is 3. The molecule has 6 aromatic rings. The lowest BCUT2D eigenvalue weighted by atomic mass is 10.1. The Morgan fingerprint density at radius 3 is 2.62 bits per heavy atom. The second-order valence-corrected chi connectivity index (χ2v) is 8.65. The standard InChI is InChI=1S/C26H18F3N9O/c27-26(28,29)19-12-31-24(37-23(19)13-30-17-3-4-20-16(7-17)10-34-38-20)15-2-1-14-8-22(36-21(14)9-15)25(39)35-18-5-6-32-33-11-18/h1-12,30,36H,13H2,(H,34,38)(H,32,35,39). The van der Waals surface area contributed by atoms with Gasteiger partial charge in [-0.05, 0) is 36.4 Å². The van der Waals surface area contributed by atoms with Gasteiger partial charge in [0.1, 0.15) is 5.69 Å². The molecular formula is C26H18F3N9O. The van der Waals surface area contributed by atoms with Gasteiger partial charge in [-0.3, -0.25) is 9.89 Å². The Bertz CT molecular complexity index is 1810. The van der Waals surface area contributed by atoms with Gasteiger partial charge in [0.25, 0.3) is 5.91 Å². The Morgan fingerprint density at radius 1 is 0.897 bits per heavy atom. The van der Waals surface area contributed by atoms with Crippen LogP contribution in [-0.2, 0) is 12.7 Å². The highest BCUT2D eigenvalue weighted by Gasteiger charge is 2.35. The monoisotopic (exact) mass is 529 g/mol. The van der Waals surface area contributed by atoms with Gasteiger partial charge in [0, 0.05) is 33.7 Å². The number of halogens is 3. The van der Waals surface area contributed by atoms with Gasteiger partial charge in [0.15, 0.2) is 5.82 Å². The molecule has 4 aromatic heterocycles. The topological polar surface area (TPSA) is 137 Å². The van der Waals surface area contributed by atoms with E-state index in [0.717, 1.165) is 22.5 Å². The fourth-order valence-corrected chi connectivity index (χ4v) is 4.12. The van der Waals surface area contributed by atoms with E-state index >= 15 is 0 Å². The van der Waals surface area contributed by atoms with E-state index in [0.29, 0.717) is 28.1 Å². The van der Waals surface area contributed by atoms with Crippen LogP contribution < -0.4 is 10.6 Å². The first kappa shape index (κ1) is 24.0. The van der Waals surface area contributed by atoms with Crippen LogP contribution >= 0.6 is 0 Å². The first-order chi connectivity index (χ1) is 18.8. The van der Waals surface area contributed by atoms with Crippen LogP contribution in [0.3, 0.4) is 0 Å². The quantitative estimate of drug-likeness (QED) is 0.233. The number of aromatic amines is 2. The molecule has 0 atom stereocenters. The van der Waals surface area contributed by atoms with Crippen molar-refractivity contribution in [1.82, 2.24) is 35.3 Å². The summed E-state index contributed by atoms with van der Waals surface area (Å²) in [7, 11) is 0. The van der Waals surface area contributed by atoms with E-state index in [-0.39, 0.29) is 24.0 Å². The van der Waals surface area contributed by atoms with Crippen LogP contribution in [0.15, 0.2) is 73.3 Å². The summed E-state index contributed by atoms with van der Waals surface area (Å²) in [4.78, 5) is 23.9. The van der Waals surface area contributed by atoms with Crippen molar-refractivity contribution >= 4 is 39.1 Å². The second kappa shape index (κ2) is 9.52. The first-order valence-electron chi connectivity index (χ1n) is 11.6. The number of nitrogens with zero attached hydrogens (tertiary/aromatic N) is 5. The fourth-order valence-electron chi connectivity index (χ4n) is 4.12. The zero-order valence-corrected chi connectivity index (χ0v) is 19.9.